The lowest BCUT2D eigenvalue weighted by molar-refractivity contribution is -0.915. The van der Waals surface area contributed by atoms with Crippen LogP contribution < -0.4 is 12.4 Å². The summed E-state index contributed by atoms with van der Waals surface area (Å²) in [6.45, 7) is 9.63. The number of rotatable bonds is 6. The van der Waals surface area contributed by atoms with Gasteiger partial charge in [0.25, 0.3) is 0 Å². The van der Waals surface area contributed by atoms with Crippen molar-refractivity contribution in [1.82, 2.24) is 0 Å². The third-order valence-electron chi connectivity index (χ3n) is 3.66. The van der Waals surface area contributed by atoms with Gasteiger partial charge in [-0.05, 0) is 45.0 Å². The molecule has 4 heteroatoms. The van der Waals surface area contributed by atoms with Crippen LogP contribution in [-0.4, -0.2) is 36.4 Å². The predicted molar refractivity (Wildman–Crippen MR) is 67.5 cm³/mol. The summed E-state index contributed by atoms with van der Waals surface area (Å²) in [5.41, 5.74) is 0.601. The van der Waals surface area contributed by atoms with Gasteiger partial charge in [-0.25, -0.2) is 4.39 Å². The Morgan fingerprint density at radius 2 is 1.50 bits per heavy atom. The molecule has 0 unspecified atom stereocenters. The van der Waals surface area contributed by atoms with Crippen molar-refractivity contribution in [2.24, 2.45) is 0 Å². The van der Waals surface area contributed by atoms with Gasteiger partial charge in [0, 0.05) is 5.56 Å². The SMILES string of the molecule is CC[N+](CC)(CC)CC(=O)c1ccc(F)cc1.[Cl-]. The third kappa shape index (κ3) is 4.07. The van der Waals surface area contributed by atoms with Crippen molar-refractivity contribution in [3.63, 3.8) is 0 Å². The number of halogens is 2. The topological polar surface area (TPSA) is 17.1 Å². The number of likely N-dealkylation sites (N-methyl/N-ethyl adjacent to an activating group) is 1. The molecule has 1 aromatic rings. The molecule has 0 aromatic heterocycles. The van der Waals surface area contributed by atoms with E-state index in [1.54, 1.807) is 12.1 Å². The third-order valence-corrected chi connectivity index (χ3v) is 3.66. The van der Waals surface area contributed by atoms with E-state index in [0.717, 1.165) is 24.1 Å². The number of benzene rings is 1. The predicted octanol–water partition coefficient (Wildman–Crippen LogP) is -0.111. The maximum atomic E-state index is 12.8. The molecule has 102 valence electrons. The molecule has 0 atom stereocenters. The molecule has 0 spiro atoms. The van der Waals surface area contributed by atoms with Crippen LogP contribution in [0.3, 0.4) is 0 Å². The number of hydrogen-bond acceptors (Lipinski definition) is 1. The first kappa shape index (κ1) is 17.1. The molecule has 1 rings (SSSR count). The zero-order chi connectivity index (χ0) is 12.9. The maximum Gasteiger partial charge on any atom is 0.216 e. The van der Waals surface area contributed by atoms with E-state index in [0.29, 0.717) is 12.1 Å². The first-order valence-corrected chi connectivity index (χ1v) is 6.20. The van der Waals surface area contributed by atoms with E-state index in [9.17, 15) is 9.18 Å². The van der Waals surface area contributed by atoms with Gasteiger partial charge >= 0.3 is 0 Å². The zero-order valence-corrected chi connectivity index (χ0v) is 12.0. The van der Waals surface area contributed by atoms with Gasteiger partial charge in [0.05, 0.1) is 19.6 Å². The molecular weight excluding hydrogens is 253 g/mol. The van der Waals surface area contributed by atoms with E-state index in [2.05, 4.69) is 20.8 Å². The molecule has 0 heterocycles. The van der Waals surface area contributed by atoms with Gasteiger partial charge in [0.15, 0.2) is 0 Å². The lowest BCUT2D eigenvalue weighted by atomic mass is 10.1. The van der Waals surface area contributed by atoms with E-state index in [-0.39, 0.29) is 24.0 Å². The quantitative estimate of drug-likeness (QED) is 0.522. The highest BCUT2D eigenvalue weighted by molar-refractivity contribution is 5.96. The highest BCUT2D eigenvalue weighted by atomic mass is 35.5. The van der Waals surface area contributed by atoms with Crippen LogP contribution in [0.2, 0.25) is 0 Å². The second kappa shape index (κ2) is 7.49. The van der Waals surface area contributed by atoms with E-state index < -0.39 is 0 Å². The van der Waals surface area contributed by atoms with Gasteiger partial charge in [-0.2, -0.15) is 0 Å². The summed E-state index contributed by atoms with van der Waals surface area (Å²) in [6, 6.07) is 5.80. The van der Waals surface area contributed by atoms with Crippen molar-refractivity contribution in [2.45, 2.75) is 20.8 Å². The fraction of sp³-hybridized carbons (Fsp3) is 0.500. The summed E-state index contributed by atoms with van der Waals surface area (Å²) in [4.78, 5) is 12.1. The Kier molecular flexibility index (Phi) is 7.11. The smallest absolute Gasteiger partial charge is 0.216 e. The second-order valence-electron chi connectivity index (χ2n) is 4.38. The molecule has 2 nitrogen and oxygen atoms in total. The van der Waals surface area contributed by atoms with Gasteiger partial charge in [-0.15, -0.1) is 0 Å². The van der Waals surface area contributed by atoms with Gasteiger partial charge in [-0.1, -0.05) is 0 Å². The summed E-state index contributed by atoms with van der Waals surface area (Å²) >= 11 is 0. The minimum Gasteiger partial charge on any atom is -1.00 e. The van der Waals surface area contributed by atoms with Gasteiger partial charge in [0.1, 0.15) is 12.4 Å². The molecule has 0 saturated heterocycles. The van der Waals surface area contributed by atoms with Crippen molar-refractivity contribution >= 4 is 5.78 Å². The fourth-order valence-electron chi connectivity index (χ4n) is 2.04. The van der Waals surface area contributed by atoms with Crippen LogP contribution >= 0.6 is 0 Å². The lowest BCUT2D eigenvalue weighted by Crippen LogP contribution is -3.00. The molecule has 0 N–H and O–H groups in total. The van der Waals surface area contributed by atoms with E-state index >= 15 is 0 Å². The number of ketones is 1. The summed E-state index contributed by atoms with van der Waals surface area (Å²) < 4.78 is 13.6. The normalized spacial score (nSPS) is 10.9. The van der Waals surface area contributed by atoms with Crippen LogP contribution in [0.15, 0.2) is 24.3 Å². The van der Waals surface area contributed by atoms with Crippen LogP contribution in [0.25, 0.3) is 0 Å². The molecule has 0 bridgehead atoms. The molecule has 18 heavy (non-hydrogen) atoms. The van der Waals surface area contributed by atoms with Crippen LogP contribution in [0.5, 0.6) is 0 Å². The zero-order valence-electron chi connectivity index (χ0n) is 11.2. The number of carbonyl (C=O) groups excluding carboxylic acids is 1. The number of hydrogen-bond donors (Lipinski definition) is 0. The lowest BCUT2D eigenvalue weighted by Gasteiger charge is -2.35. The second-order valence-corrected chi connectivity index (χ2v) is 4.38. The molecule has 0 aliphatic rings. The van der Waals surface area contributed by atoms with Crippen molar-refractivity contribution < 1.29 is 26.1 Å². The molecule has 0 fully saturated rings. The van der Waals surface area contributed by atoms with Crippen molar-refractivity contribution in [2.75, 3.05) is 26.2 Å². The Bertz CT molecular complexity index is 366. The molecule has 0 amide bonds. The first-order valence-electron chi connectivity index (χ1n) is 6.20. The molecule has 1 aromatic carbocycles. The Morgan fingerprint density at radius 3 is 1.89 bits per heavy atom. The van der Waals surface area contributed by atoms with Gasteiger partial charge in [0.2, 0.25) is 5.78 Å². The van der Waals surface area contributed by atoms with E-state index in [1.165, 1.54) is 12.1 Å². The molecule has 0 aliphatic heterocycles. The van der Waals surface area contributed by atoms with Crippen LogP contribution in [-0.2, 0) is 0 Å². The number of quaternary nitrogens is 1. The average molecular weight is 274 g/mol. The summed E-state index contributed by atoms with van der Waals surface area (Å²) in [7, 11) is 0. The van der Waals surface area contributed by atoms with E-state index in [1.807, 2.05) is 0 Å². The summed E-state index contributed by atoms with van der Waals surface area (Å²) in [5.74, 6) is -0.209. The highest BCUT2D eigenvalue weighted by Crippen LogP contribution is 2.10. The Balaban J connectivity index is 0.00000289. The number of carbonyl (C=O) groups is 1. The Hall–Kier alpha value is -0.930. The fourth-order valence-corrected chi connectivity index (χ4v) is 2.04. The minimum atomic E-state index is -0.302. The van der Waals surface area contributed by atoms with Crippen LogP contribution in [0.4, 0.5) is 4.39 Å². The van der Waals surface area contributed by atoms with E-state index in [4.69, 9.17) is 0 Å². The number of nitrogens with zero attached hydrogens (tertiary/aromatic N) is 1. The Morgan fingerprint density at radius 1 is 1.06 bits per heavy atom. The van der Waals surface area contributed by atoms with Crippen molar-refractivity contribution in [3.8, 4) is 0 Å². The average Bonchev–Trinajstić information content (AvgIpc) is 2.37. The van der Waals surface area contributed by atoms with Crippen molar-refractivity contribution in [1.29, 1.82) is 0 Å². The molecule has 0 radical (unpaired) electrons. The van der Waals surface area contributed by atoms with Crippen molar-refractivity contribution in [3.05, 3.63) is 35.6 Å². The number of Topliss-reactive ketones (excluding diaryl/α,β-unsaturated/α-hetero) is 1. The molecular formula is C14H21ClFNO. The first-order chi connectivity index (χ1) is 8.06. The molecule has 0 saturated carbocycles. The van der Waals surface area contributed by atoms with Crippen LogP contribution in [0.1, 0.15) is 31.1 Å². The summed E-state index contributed by atoms with van der Waals surface area (Å²) in [5, 5.41) is 0. The highest BCUT2D eigenvalue weighted by Gasteiger charge is 2.25. The monoisotopic (exact) mass is 273 g/mol. The minimum absolute atomic E-state index is 0. The van der Waals surface area contributed by atoms with Gasteiger partial charge in [-0.3, -0.25) is 4.79 Å². The maximum absolute atomic E-state index is 12.8. The molecule has 0 aliphatic carbocycles. The van der Waals surface area contributed by atoms with Crippen LogP contribution in [0, 0.1) is 5.82 Å². The van der Waals surface area contributed by atoms with Gasteiger partial charge < -0.3 is 16.9 Å². The Labute approximate surface area is 115 Å². The summed E-state index contributed by atoms with van der Waals surface area (Å²) in [6.07, 6.45) is 0. The largest absolute Gasteiger partial charge is 1.00 e. The standard InChI is InChI=1S/C14H21FNO.ClH/c1-4-16(5-2,6-3)11-14(17)12-7-9-13(15)10-8-12;/h7-10H,4-6,11H2,1-3H3;1H/q+1;/p-1.